The number of H-pyrrole nitrogens is 1. The molecule has 1 aromatic heterocycles. The van der Waals surface area contributed by atoms with Crippen LogP contribution in [-0.4, -0.2) is 27.9 Å². The maximum Gasteiger partial charge on any atom is 0.306 e. The number of esters is 1. The topological polar surface area (TPSA) is 101 Å². The molecule has 7 nitrogen and oxygen atoms in total. The van der Waals surface area contributed by atoms with Crippen molar-refractivity contribution in [1.29, 1.82) is 0 Å². The zero-order valence-corrected chi connectivity index (χ0v) is 15.8. The first-order valence-corrected chi connectivity index (χ1v) is 9.16. The fraction of sp³-hybridized carbons (Fsp3) is 0.238. The van der Waals surface area contributed by atoms with Gasteiger partial charge in [-0.05, 0) is 43.7 Å². The molecule has 2 N–H and O–H groups in total. The van der Waals surface area contributed by atoms with E-state index >= 15 is 0 Å². The van der Waals surface area contributed by atoms with Crippen LogP contribution in [-0.2, 0) is 20.7 Å². The first kappa shape index (κ1) is 20.2. The normalized spacial score (nSPS) is 11.8. The number of hydrogen-bond acceptors (Lipinski definition) is 5. The second kappa shape index (κ2) is 9.09. The summed E-state index contributed by atoms with van der Waals surface area (Å²) in [6.45, 7) is 1.44. The highest BCUT2D eigenvalue weighted by Crippen LogP contribution is 2.11. The number of nitrogens with one attached hydrogen (secondary N) is 2. The molecule has 1 atom stereocenters. The Balaban J connectivity index is 1.48. The number of ether oxygens (including phenoxy) is 1. The molecule has 0 aliphatic rings. The lowest BCUT2D eigenvalue weighted by molar-refractivity contribution is -0.153. The number of aromatic amines is 1. The quantitative estimate of drug-likeness (QED) is 0.597. The summed E-state index contributed by atoms with van der Waals surface area (Å²) in [5.74, 6) is -1.09. The maximum absolute atomic E-state index is 13.2. The van der Waals surface area contributed by atoms with E-state index in [1.165, 1.54) is 31.2 Å². The van der Waals surface area contributed by atoms with Gasteiger partial charge in [0.15, 0.2) is 6.10 Å². The molecule has 0 saturated heterocycles. The Labute approximate surface area is 165 Å². The van der Waals surface area contributed by atoms with Gasteiger partial charge < -0.3 is 15.0 Å². The minimum absolute atomic E-state index is 0.0636. The summed E-state index contributed by atoms with van der Waals surface area (Å²) in [5, 5.41) is 3.00. The van der Waals surface area contributed by atoms with Crippen molar-refractivity contribution < 1.29 is 18.7 Å². The van der Waals surface area contributed by atoms with Crippen LogP contribution in [0.15, 0.2) is 53.3 Å². The smallest absolute Gasteiger partial charge is 0.306 e. The van der Waals surface area contributed by atoms with Gasteiger partial charge in [0.25, 0.3) is 11.5 Å². The molecule has 0 saturated carbocycles. The number of aromatic nitrogens is 2. The second-order valence-corrected chi connectivity index (χ2v) is 6.52. The minimum Gasteiger partial charge on any atom is -0.453 e. The van der Waals surface area contributed by atoms with Crippen LogP contribution in [0.4, 0.5) is 10.1 Å². The van der Waals surface area contributed by atoms with Gasteiger partial charge in [-0.25, -0.2) is 9.37 Å². The predicted octanol–water partition coefficient (Wildman–Crippen LogP) is 2.96. The van der Waals surface area contributed by atoms with E-state index in [4.69, 9.17) is 4.74 Å². The minimum atomic E-state index is -1.02. The van der Waals surface area contributed by atoms with E-state index in [1.807, 2.05) is 0 Å². The molecule has 0 unspecified atom stereocenters. The van der Waals surface area contributed by atoms with Gasteiger partial charge in [0.1, 0.15) is 11.6 Å². The van der Waals surface area contributed by atoms with Gasteiger partial charge in [0.2, 0.25) is 0 Å². The summed E-state index contributed by atoms with van der Waals surface area (Å²) in [7, 11) is 0. The third-order valence-electron chi connectivity index (χ3n) is 4.23. The Morgan fingerprint density at radius 2 is 2.00 bits per heavy atom. The summed E-state index contributed by atoms with van der Waals surface area (Å²) in [6, 6.07) is 12.4. The first-order chi connectivity index (χ1) is 13.9. The van der Waals surface area contributed by atoms with Crippen molar-refractivity contribution in [2.75, 3.05) is 5.32 Å². The van der Waals surface area contributed by atoms with Crippen LogP contribution in [0.1, 0.15) is 25.6 Å². The number of halogens is 1. The number of para-hydroxylation sites is 1. The van der Waals surface area contributed by atoms with Crippen molar-refractivity contribution in [3.05, 3.63) is 70.5 Å². The van der Waals surface area contributed by atoms with Gasteiger partial charge in [0.05, 0.1) is 10.9 Å². The Bertz CT molecular complexity index is 1100. The van der Waals surface area contributed by atoms with Crippen LogP contribution in [0, 0.1) is 5.82 Å². The average Bonchev–Trinajstić information content (AvgIpc) is 2.68. The van der Waals surface area contributed by atoms with Crippen molar-refractivity contribution in [3.63, 3.8) is 0 Å². The van der Waals surface area contributed by atoms with E-state index in [-0.39, 0.29) is 17.7 Å². The van der Waals surface area contributed by atoms with E-state index < -0.39 is 23.8 Å². The molecular weight excluding hydrogens is 377 g/mol. The SMILES string of the molecule is C[C@H](OC(=O)CCCc1nc2ccccc2c(=O)[nH]1)C(=O)Nc1cccc(F)c1. The summed E-state index contributed by atoms with van der Waals surface area (Å²) in [5.41, 5.74) is 0.650. The van der Waals surface area contributed by atoms with Crippen LogP contribution in [0.3, 0.4) is 0 Å². The lowest BCUT2D eigenvalue weighted by Gasteiger charge is -2.13. The van der Waals surface area contributed by atoms with Gasteiger partial charge in [-0.1, -0.05) is 18.2 Å². The van der Waals surface area contributed by atoms with Crippen molar-refractivity contribution >= 4 is 28.5 Å². The fourth-order valence-corrected chi connectivity index (χ4v) is 2.77. The molecular formula is C21H20FN3O4. The van der Waals surface area contributed by atoms with Crippen molar-refractivity contribution in [1.82, 2.24) is 9.97 Å². The van der Waals surface area contributed by atoms with Crippen LogP contribution in [0.25, 0.3) is 10.9 Å². The van der Waals surface area contributed by atoms with Crippen LogP contribution in [0.5, 0.6) is 0 Å². The number of nitrogens with zero attached hydrogens (tertiary/aromatic N) is 1. The molecule has 8 heteroatoms. The van der Waals surface area contributed by atoms with Crippen molar-refractivity contribution in [2.24, 2.45) is 0 Å². The zero-order valence-electron chi connectivity index (χ0n) is 15.8. The summed E-state index contributed by atoms with van der Waals surface area (Å²) in [6.07, 6.45) is -0.171. The van der Waals surface area contributed by atoms with Crippen LogP contribution < -0.4 is 10.9 Å². The van der Waals surface area contributed by atoms with E-state index in [0.29, 0.717) is 29.6 Å². The first-order valence-electron chi connectivity index (χ1n) is 9.16. The molecule has 0 fully saturated rings. The Kier molecular flexibility index (Phi) is 6.33. The van der Waals surface area contributed by atoms with E-state index in [0.717, 1.165) is 0 Å². The molecule has 1 heterocycles. The molecule has 0 aliphatic carbocycles. The van der Waals surface area contributed by atoms with Crippen molar-refractivity contribution in [2.45, 2.75) is 32.3 Å². The summed E-state index contributed by atoms with van der Waals surface area (Å²) < 4.78 is 18.3. The summed E-state index contributed by atoms with van der Waals surface area (Å²) >= 11 is 0. The zero-order chi connectivity index (χ0) is 20.8. The molecule has 150 valence electrons. The molecule has 0 aliphatic heterocycles. The van der Waals surface area contributed by atoms with Crippen LogP contribution in [0.2, 0.25) is 0 Å². The number of fused-ring (bicyclic) bond motifs is 1. The largest absolute Gasteiger partial charge is 0.453 e. The van der Waals surface area contributed by atoms with Gasteiger partial charge in [-0.15, -0.1) is 0 Å². The molecule has 3 rings (SSSR count). The van der Waals surface area contributed by atoms with Crippen molar-refractivity contribution in [3.8, 4) is 0 Å². The molecule has 0 spiro atoms. The predicted molar refractivity (Wildman–Crippen MR) is 106 cm³/mol. The monoisotopic (exact) mass is 397 g/mol. The number of anilines is 1. The highest BCUT2D eigenvalue weighted by molar-refractivity contribution is 5.95. The van der Waals surface area contributed by atoms with Gasteiger partial charge >= 0.3 is 5.97 Å². The van der Waals surface area contributed by atoms with Gasteiger partial charge in [-0.2, -0.15) is 0 Å². The Hall–Kier alpha value is -3.55. The second-order valence-electron chi connectivity index (χ2n) is 6.52. The Morgan fingerprint density at radius 1 is 1.21 bits per heavy atom. The van der Waals surface area contributed by atoms with Gasteiger partial charge in [-0.3, -0.25) is 14.4 Å². The number of aryl methyl sites for hydroxylation is 1. The number of benzene rings is 2. The number of amides is 1. The molecule has 29 heavy (non-hydrogen) atoms. The van der Waals surface area contributed by atoms with Gasteiger partial charge in [0, 0.05) is 18.5 Å². The van der Waals surface area contributed by atoms with E-state index in [1.54, 1.807) is 24.3 Å². The highest BCUT2D eigenvalue weighted by atomic mass is 19.1. The lowest BCUT2D eigenvalue weighted by atomic mass is 10.2. The maximum atomic E-state index is 13.2. The number of hydrogen-bond donors (Lipinski definition) is 2. The molecule has 0 bridgehead atoms. The molecule has 1 amide bonds. The number of rotatable bonds is 7. The standard InChI is InChI=1S/C21H20FN3O4/c1-13(20(27)23-15-7-4-6-14(22)12-15)29-19(26)11-5-10-18-24-17-9-3-2-8-16(17)21(28)25-18/h2-4,6-9,12-13H,5,10-11H2,1H3,(H,23,27)(H,24,25,28)/t13-/m0/s1. The summed E-state index contributed by atoms with van der Waals surface area (Å²) in [4.78, 5) is 43.1. The molecule has 2 aromatic carbocycles. The number of carbonyl (C=O) groups excluding carboxylic acids is 2. The fourth-order valence-electron chi connectivity index (χ4n) is 2.77. The Morgan fingerprint density at radius 3 is 2.79 bits per heavy atom. The molecule has 0 radical (unpaired) electrons. The lowest BCUT2D eigenvalue weighted by Crippen LogP contribution is -2.30. The third kappa shape index (κ3) is 5.47. The van der Waals surface area contributed by atoms with E-state index in [9.17, 15) is 18.8 Å². The van der Waals surface area contributed by atoms with Crippen LogP contribution >= 0.6 is 0 Å². The third-order valence-corrected chi connectivity index (χ3v) is 4.23. The highest BCUT2D eigenvalue weighted by Gasteiger charge is 2.18. The number of carbonyl (C=O) groups is 2. The molecule has 3 aromatic rings. The average molecular weight is 397 g/mol. The van der Waals surface area contributed by atoms with E-state index in [2.05, 4.69) is 15.3 Å².